The van der Waals surface area contributed by atoms with E-state index in [9.17, 15) is 9.59 Å². The summed E-state index contributed by atoms with van der Waals surface area (Å²) in [6, 6.07) is 10.1. The van der Waals surface area contributed by atoms with Gasteiger partial charge in [-0.2, -0.15) is 0 Å². The molecule has 2 aromatic rings. The average molecular weight is 404 g/mol. The van der Waals surface area contributed by atoms with Crippen molar-refractivity contribution in [2.75, 3.05) is 13.1 Å². The van der Waals surface area contributed by atoms with Gasteiger partial charge >= 0.3 is 0 Å². The quantitative estimate of drug-likeness (QED) is 0.769. The van der Waals surface area contributed by atoms with E-state index in [0.717, 1.165) is 30.5 Å². The molecule has 28 heavy (non-hydrogen) atoms. The molecule has 1 N–H and O–H groups in total. The van der Waals surface area contributed by atoms with Gasteiger partial charge in [-0.05, 0) is 49.8 Å². The van der Waals surface area contributed by atoms with Crippen LogP contribution in [-0.4, -0.2) is 41.0 Å². The summed E-state index contributed by atoms with van der Waals surface area (Å²) in [5.41, 5.74) is 2.70. The number of aryl methyl sites for hydroxylation is 2. The Morgan fingerprint density at radius 3 is 2.54 bits per heavy atom. The molecule has 6 nitrogen and oxygen atoms in total. The number of aromatic nitrogens is 1. The number of piperidine rings is 1. The Labute approximate surface area is 170 Å². The third-order valence-electron chi connectivity index (χ3n) is 5.22. The molecule has 1 aromatic carbocycles. The first-order valence-corrected chi connectivity index (χ1v) is 10.1. The smallest absolute Gasteiger partial charge is 0.229 e. The molecule has 0 radical (unpaired) electrons. The molecule has 1 aliphatic rings. The fraction of sp³-hybridized carbons (Fsp3) is 0.476. The molecule has 7 heteroatoms. The lowest BCUT2D eigenvalue weighted by Gasteiger charge is -2.32. The topological polar surface area (TPSA) is 75.4 Å². The van der Waals surface area contributed by atoms with Crippen LogP contribution < -0.4 is 5.32 Å². The molecule has 2 heterocycles. The largest absolute Gasteiger partial charge is 0.353 e. The second-order valence-electron chi connectivity index (χ2n) is 7.23. The molecule has 2 amide bonds. The zero-order chi connectivity index (χ0) is 19.9. The van der Waals surface area contributed by atoms with Crippen LogP contribution in [0.4, 0.5) is 0 Å². The third kappa shape index (κ3) is 5.58. The Morgan fingerprint density at radius 1 is 1.18 bits per heavy atom. The van der Waals surface area contributed by atoms with Crippen LogP contribution in [-0.2, 0) is 22.4 Å². The van der Waals surface area contributed by atoms with Crippen molar-refractivity contribution in [3.63, 3.8) is 0 Å². The van der Waals surface area contributed by atoms with Gasteiger partial charge in [-0.25, -0.2) is 0 Å². The van der Waals surface area contributed by atoms with Crippen LogP contribution in [0.1, 0.15) is 42.5 Å². The van der Waals surface area contributed by atoms with Gasteiger partial charge in [0.15, 0.2) is 0 Å². The Kier molecular flexibility index (Phi) is 7.09. The first-order valence-electron chi connectivity index (χ1n) is 9.74. The number of benzene rings is 1. The number of hydrogen-bond acceptors (Lipinski definition) is 4. The summed E-state index contributed by atoms with van der Waals surface area (Å²) in [5, 5.41) is 7.18. The van der Waals surface area contributed by atoms with E-state index in [2.05, 4.69) is 10.5 Å². The molecule has 0 aliphatic carbocycles. The highest BCUT2D eigenvalue weighted by atomic mass is 35.5. The van der Waals surface area contributed by atoms with Crippen molar-refractivity contribution in [2.45, 2.75) is 51.5 Å². The minimum Gasteiger partial charge on any atom is -0.353 e. The fourth-order valence-electron chi connectivity index (χ4n) is 3.51. The SMILES string of the molecule is Cc1noc(Cl)c1CCC(=O)N1CCC(NC(=O)CCc2ccccc2)CC1. The molecule has 1 fully saturated rings. The predicted octanol–water partition coefficient (Wildman–Crippen LogP) is 3.31. The molecule has 1 aliphatic heterocycles. The number of carbonyl (C=O) groups excluding carboxylic acids is 2. The summed E-state index contributed by atoms with van der Waals surface area (Å²) in [4.78, 5) is 26.5. The van der Waals surface area contributed by atoms with Gasteiger partial charge in [0.1, 0.15) is 0 Å². The van der Waals surface area contributed by atoms with Crippen LogP contribution in [0, 0.1) is 6.92 Å². The predicted molar refractivity (Wildman–Crippen MR) is 107 cm³/mol. The van der Waals surface area contributed by atoms with Crippen molar-refractivity contribution in [1.29, 1.82) is 0 Å². The van der Waals surface area contributed by atoms with Crippen molar-refractivity contribution in [3.8, 4) is 0 Å². The Bertz CT molecular complexity index is 779. The molecule has 1 saturated heterocycles. The van der Waals surface area contributed by atoms with E-state index in [4.69, 9.17) is 16.1 Å². The third-order valence-corrected chi connectivity index (χ3v) is 5.52. The highest BCUT2D eigenvalue weighted by Gasteiger charge is 2.24. The molecular weight excluding hydrogens is 378 g/mol. The normalized spacial score (nSPS) is 14.9. The lowest BCUT2D eigenvalue weighted by atomic mass is 10.0. The summed E-state index contributed by atoms with van der Waals surface area (Å²) in [6.45, 7) is 3.15. The monoisotopic (exact) mass is 403 g/mol. The zero-order valence-corrected chi connectivity index (χ0v) is 16.9. The van der Waals surface area contributed by atoms with Crippen LogP contribution in [0.25, 0.3) is 0 Å². The van der Waals surface area contributed by atoms with Gasteiger partial charge < -0.3 is 14.7 Å². The number of halogens is 1. The molecule has 0 spiro atoms. The first kappa shape index (κ1) is 20.4. The van der Waals surface area contributed by atoms with Gasteiger partial charge in [0.25, 0.3) is 0 Å². The van der Waals surface area contributed by atoms with Gasteiger partial charge in [-0.3, -0.25) is 9.59 Å². The minimum atomic E-state index is 0.0752. The lowest BCUT2D eigenvalue weighted by molar-refractivity contribution is -0.132. The molecule has 1 aromatic heterocycles. The van der Waals surface area contributed by atoms with Gasteiger partial charge in [0.05, 0.1) is 5.69 Å². The maximum atomic E-state index is 12.4. The molecule has 0 saturated carbocycles. The summed E-state index contributed by atoms with van der Waals surface area (Å²) < 4.78 is 4.92. The van der Waals surface area contributed by atoms with Crippen LogP contribution in [0.3, 0.4) is 0 Å². The molecule has 0 unspecified atom stereocenters. The molecule has 0 bridgehead atoms. The number of likely N-dealkylation sites (tertiary alicyclic amines) is 1. The van der Waals surface area contributed by atoms with E-state index in [1.54, 1.807) is 0 Å². The fourth-order valence-corrected chi connectivity index (χ4v) is 3.77. The van der Waals surface area contributed by atoms with E-state index in [-0.39, 0.29) is 23.1 Å². The Morgan fingerprint density at radius 2 is 1.89 bits per heavy atom. The molecule has 3 rings (SSSR count). The van der Waals surface area contributed by atoms with Crippen LogP contribution in [0.5, 0.6) is 0 Å². The van der Waals surface area contributed by atoms with Gasteiger partial charge in [0, 0.05) is 37.5 Å². The number of nitrogens with one attached hydrogen (secondary N) is 1. The highest BCUT2D eigenvalue weighted by Crippen LogP contribution is 2.21. The van der Waals surface area contributed by atoms with Crippen LogP contribution >= 0.6 is 11.6 Å². The number of nitrogens with zero attached hydrogens (tertiary/aromatic N) is 2. The Balaban J connectivity index is 1.36. The van der Waals surface area contributed by atoms with Crippen molar-refractivity contribution in [1.82, 2.24) is 15.4 Å². The number of carbonyl (C=O) groups is 2. The number of rotatable bonds is 7. The van der Waals surface area contributed by atoms with Crippen LogP contribution in [0.2, 0.25) is 5.22 Å². The summed E-state index contributed by atoms with van der Waals surface area (Å²) in [5.74, 6) is 0.178. The lowest BCUT2D eigenvalue weighted by Crippen LogP contribution is -2.46. The van der Waals surface area contributed by atoms with Crippen molar-refractivity contribution in [3.05, 3.63) is 52.4 Å². The van der Waals surface area contributed by atoms with Gasteiger partial charge in [-0.15, -0.1) is 0 Å². The summed E-state index contributed by atoms with van der Waals surface area (Å²) in [6.07, 6.45) is 3.72. The maximum absolute atomic E-state index is 12.4. The standard InChI is InChI=1S/C21H26ClN3O3/c1-15-18(21(22)28-24-15)8-10-20(27)25-13-11-17(12-14-25)23-19(26)9-7-16-5-3-2-4-6-16/h2-6,17H,7-14H2,1H3,(H,23,26). The van der Waals surface area contributed by atoms with Crippen molar-refractivity contribution >= 4 is 23.4 Å². The second kappa shape index (κ2) is 9.73. The number of hydrogen-bond donors (Lipinski definition) is 1. The molecular formula is C21H26ClN3O3. The van der Waals surface area contributed by atoms with E-state index >= 15 is 0 Å². The summed E-state index contributed by atoms with van der Waals surface area (Å²) in [7, 11) is 0. The van der Waals surface area contributed by atoms with E-state index in [1.165, 1.54) is 5.56 Å². The highest BCUT2D eigenvalue weighted by molar-refractivity contribution is 6.29. The Hall–Kier alpha value is -2.34. The number of amides is 2. The zero-order valence-electron chi connectivity index (χ0n) is 16.1. The van der Waals surface area contributed by atoms with E-state index in [1.807, 2.05) is 42.2 Å². The average Bonchev–Trinajstić information content (AvgIpc) is 3.03. The molecule has 150 valence electrons. The van der Waals surface area contributed by atoms with Crippen molar-refractivity contribution < 1.29 is 14.1 Å². The second-order valence-corrected chi connectivity index (χ2v) is 7.57. The van der Waals surface area contributed by atoms with Gasteiger partial charge in [0.2, 0.25) is 17.0 Å². The summed E-state index contributed by atoms with van der Waals surface area (Å²) >= 11 is 5.95. The van der Waals surface area contributed by atoms with Crippen molar-refractivity contribution in [2.24, 2.45) is 0 Å². The molecule has 0 atom stereocenters. The van der Waals surface area contributed by atoms with Gasteiger partial charge in [-0.1, -0.05) is 35.5 Å². The maximum Gasteiger partial charge on any atom is 0.229 e. The minimum absolute atomic E-state index is 0.0752. The van der Waals surface area contributed by atoms with E-state index < -0.39 is 0 Å². The van der Waals surface area contributed by atoms with Crippen LogP contribution in [0.15, 0.2) is 34.9 Å². The first-order chi connectivity index (χ1) is 13.5. The van der Waals surface area contributed by atoms with E-state index in [0.29, 0.717) is 32.4 Å².